The Balaban J connectivity index is 1.80. The molecule has 0 saturated carbocycles. The lowest BCUT2D eigenvalue weighted by molar-refractivity contribution is 0.00720. The Bertz CT molecular complexity index is 1240. The van der Waals surface area contributed by atoms with Gasteiger partial charge in [0.1, 0.15) is 12.6 Å². The van der Waals surface area contributed by atoms with Crippen LogP contribution in [0.25, 0.3) is 0 Å². The van der Waals surface area contributed by atoms with Crippen LogP contribution in [-0.2, 0) is 27.0 Å². The number of rotatable bonds is 26. The first-order valence-corrected chi connectivity index (χ1v) is 19.1. The summed E-state index contributed by atoms with van der Waals surface area (Å²) in [6, 6.07) is 9.54. The maximum atomic E-state index is 13.6. The van der Waals surface area contributed by atoms with Crippen LogP contribution in [0.3, 0.4) is 0 Å². The van der Waals surface area contributed by atoms with Crippen LogP contribution in [-0.4, -0.2) is 38.5 Å². The molecule has 0 aliphatic rings. The normalized spacial score (nSPS) is 12.6. The Kier molecular flexibility index (Phi) is 19.6. The predicted molar refractivity (Wildman–Crippen MR) is 182 cm³/mol. The highest BCUT2D eigenvalue weighted by Gasteiger charge is 2.21. The van der Waals surface area contributed by atoms with Crippen molar-refractivity contribution in [3.8, 4) is 0 Å². The van der Waals surface area contributed by atoms with Gasteiger partial charge in [-0.3, -0.25) is 13.9 Å². The molecule has 0 radical (unpaired) electrons. The second-order valence-electron chi connectivity index (χ2n) is 12.3. The van der Waals surface area contributed by atoms with E-state index in [1.54, 1.807) is 13.8 Å². The van der Waals surface area contributed by atoms with Crippen LogP contribution in [0.4, 0.5) is 0 Å². The van der Waals surface area contributed by atoms with Crippen LogP contribution in [0.5, 0.6) is 0 Å². The predicted octanol–water partition coefficient (Wildman–Crippen LogP) is 7.86. The summed E-state index contributed by atoms with van der Waals surface area (Å²) in [5.74, 6) is 0. The van der Waals surface area contributed by atoms with Gasteiger partial charge in [-0.05, 0) is 25.8 Å². The maximum absolute atomic E-state index is 13.6. The minimum Gasteiger partial charge on any atom is -0.367 e. The van der Waals surface area contributed by atoms with E-state index in [1.807, 2.05) is 30.3 Å². The molecule has 2 N–H and O–H groups in total. The van der Waals surface area contributed by atoms with Gasteiger partial charge in [0, 0.05) is 24.3 Å². The van der Waals surface area contributed by atoms with E-state index >= 15 is 0 Å². The molecule has 1 unspecified atom stereocenters. The zero-order chi connectivity index (χ0) is 32.9. The Morgan fingerprint density at radius 3 is 1.80 bits per heavy atom. The Hall–Kier alpha value is -2.03. The molecule has 45 heavy (non-hydrogen) atoms. The third-order valence-corrected chi connectivity index (χ3v) is 8.91. The number of hydrogen-bond acceptors (Lipinski definition) is 5. The zero-order valence-electron chi connectivity index (χ0n) is 28.1. The van der Waals surface area contributed by atoms with E-state index in [1.165, 1.54) is 88.0 Å². The summed E-state index contributed by atoms with van der Waals surface area (Å²) in [5.41, 5.74) is 1.02. The molecule has 1 atom stereocenters. The third kappa shape index (κ3) is 15.9. The molecule has 256 valence electrons. The highest BCUT2D eigenvalue weighted by molar-refractivity contribution is 7.51. The molecule has 1 heterocycles. The van der Waals surface area contributed by atoms with Crippen molar-refractivity contribution < 1.29 is 23.8 Å². The number of nitrogens with zero attached hydrogens (tertiary/aromatic N) is 2. The van der Waals surface area contributed by atoms with Gasteiger partial charge >= 0.3 is 13.3 Å². The fourth-order valence-corrected chi connectivity index (χ4v) is 6.09. The SMILES string of the molecule is CCCCCCCCCCCCCCCCCCOC(C)n1c(=O)c(C)c(Cc2ccccc2)n(CCOCP(=O)(O)O)c1=O. The van der Waals surface area contributed by atoms with E-state index in [0.29, 0.717) is 24.3 Å². The van der Waals surface area contributed by atoms with E-state index in [4.69, 9.17) is 19.3 Å². The minimum absolute atomic E-state index is 0.0496. The molecule has 0 aliphatic carbocycles. The Labute approximate surface area is 270 Å². The molecule has 10 heteroatoms. The van der Waals surface area contributed by atoms with Gasteiger partial charge in [0.05, 0.1) is 13.2 Å². The number of aromatic nitrogens is 2. The average Bonchev–Trinajstić information content (AvgIpc) is 3.00. The molecule has 0 bridgehead atoms. The average molecular weight is 651 g/mol. The van der Waals surface area contributed by atoms with E-state index in [2.05, 4.69) is 6.92 Å². The van der Waals surface area contributed by atoms with Gasteiger partial charge in [0.2, 0.25) is 0 Å². The molecule has 1 aromatic heterocycles. The highest BCUT2D eigenvalue weighted by atomic mass is 31.2. The van der Waals surface area contributed by atoms with Crippen LogP contribution in [0, 0.1) is 6.92 Å². The van der Waals surface area contributed by atoms with Crippen LogP contribution in [0.1, 0.15) is 140 Å². The van der Waals surface area contributed by atoms with Crippen LogP contribution < -0.4 is 11.2 Å². The first kappa shape index (κ1) is 39.1. The smallest absolute Gasteiger partial charge is 0.350 e. The molecule has 0 amide bonds. The van der Waals surface area contributed by atoms with Crippen LogP contribution in [0.2, 0.25) is 0 Å². The van der Waals surface area contributed by atoms with Crippen molar-refractivity contribution >= 4 is 7.60 Å². The summed E-state index contributed by atoms with van der Waals surface area (Å²) in [7, 11) is -4.33. The maximum Gasteiger partial charge on any atom is 0.350 e. The molecule has 0 fully saturated rings. The van der Waals surface area contributed by atoms with Crippen molar-refractivity contribution in [3.63, 3.8) is 0 Å². The number of hydrogen-bond donors (Lipinski definition) is 2. The van der Waals surface area contributed by atoms with Gasteiger partial charge in [-0.15, -0.1) is 0 Å². The molecule has 2 rings (SSSR count). The molecule has 0 aliphatic heterocycles. The fourth-order valence-electron chi connectivity index (χ4n) is 5.73. The Morgan fingerprint density at radius 1 is 0.778 bits per heavy atom. The monoisotopic (exact) mass is 650 g/mol. The summed E-state index contributed by atoms with van der Waals surface area (Å²) in [6.45, 7) is 6.10. The van der Waals surface area contributed by atoms with E-state index in [9.17, 15) is 14.2 Å². The second-order valence-corrected chi connectivity index (χ2v) is 13.9. The minimum atomic E-state index is -4.33. The van der Waals surface area contributed by atoms with Crippen molar-refractivity contribution in [2.75, 3.05) is 19.6 Å². The van der Waals surface area contributed by atoms with Crippen molar-refractivity contribution in [1.82, 2.24) is 9.13 Å². The summed E-state index contributed by atoms with van der Waals surface area (Å²) < 4.78 is 24.9. The van der Waals surface area contributed by atoms with Crippen molar-refractivity contribution in [2.45, 2.75) is 143 Å². The van der Waals surface area contributed by atoms with Gasteiger partial charge in [0.15, 0.2) is 0 Å². The molecule has 0 saturated heterocycles. The van der Waals surface area contributed by atoms with Crippen molar-refractivity contribution in [3.05, 3.63) is 68.0 Å². The van der Waals surface area contributed by atoms with Gasteiger partial charge in [0.25, 0.3) is 5.56 Å². The number of ether oxygens (including phenoxy) is 2. The summed E-state index contributed by atoms with van der Waals surface area (Å²) >= 11 is 0. The van der Waals surface area contributed by atoms with Crippen molar-refractivity contribution in [1.29, 1.82) is 0 Å². The Morgan fingerprint density at radius 2 is 1.29 bits per heavy atom. The van der Waals surface area contributed by atoms with Gasteiger partial charge in [-0.25, -0.2) is 9.36 Å². The molecule has 0 spiro atoms. The van der Waals surface area contributed by atoms with E-state index in [0.717, 1.165) is 29.4 Å². The first-order chi connectivity index (χ1) is 21.7. The lowest BCUT2D eigenvalue weighted by Crippen LogP contribution is -2.45. The van der Waals surface area contributed by atoms with Gasteiger partial charge in [-0.1, -0.05) is 134 Å². The van der Waals surface area contributed by atoms with Crippen molar-refractivity contribution in [2.24, 2.45) is 0 Å². The van der Waals surface area contributed by atoms with E-state index in [-0.39, 0.29) is 13.2 Å². The summed E-state index contributed by atoms with van der Waals surface area (Å²) in [6.07, 6.45) is 19.5. The lowest BCUT2D eigenvalue weighted by Gasteiger charge is -2.22. The molecule has 9 nitrogen and oxygen atoms in total. The first-order valence-electron chi connectivity index (χ1n) is 17.3. The van der Waals surface area contributed by atoms with Crippen LogP contribution >= 0.6 is 7.60 Å². The summed E-state index contributed by atoms with van der Waals surface area (Å²) in [4.78, 5) is 45.2. The molecular formula is C35H59N2O7P. The molecule has 1 aromatic carbocycles. The summed E-state index contributed by atoms with van der Waals surface area (Å²) in [5, 5.41) is 0. The number of unbranched alkanes of at least 4 members (excludes halogenated alkanes) is 15. The zero-order valence-corrected chi connectivity index (χ0v) is 29.0. The van der Waals surface area contributed by atoms with Gasteiger partial charge < -0.3 is 19.3 Å². The topological polar surface area (TPSA) is 120 Å². The van der Waals surface area contributed by atoms with Crippen LogP contribution in [0.15, 0.2) is 39.9 Å². The lowest BCUT2D eigenvalue weighted by atomic mass is 10.0. The standard InChI is InChI=1S/C35H59N2O7P/c1-4-5-6-7-8-9-10-11-12-13-14-15-16-17-18-22-26-44-31(3)37-34(38)30(2)33(28-32-23-20-19-21-24-32)36(35(37)39)25-27-43-29-45(40,41)42/h19-21,23-24,31H,4-18,22,25-29H2,1-3H3,(H2,40,41,42). The number of benzene rings is 1. The van der Waals surface area contributed by atoms with Gasteiger partial charge in [-0.2, -0.15) is 0 Å². The quantitative estimate of drug-likeness (QED) is 0.0786. The third-order valence-electron chi connectivity index (χ3n) is 8.39. The van der Waals surface area contributed by atoms with E-state index < -0.39 is 31.4 Å². The fraction of sp³-hybridized carbons (Fsp3) is 0.714. The second kappa shape index (κ2) is 22.5. The highest BCUT2D eigenvalue weighted by Crippen LogP contribution is 2.33. The molecule has 2 aromatic rings. The molecular weight excluding hydrogens is 591 g/mol. The largest absolute Gasteiger partial charge is 0.367 e.